The molecule has 0 saturated carbocycles. The maximum absolute atomic E-state index is 14.0. The number of likely N-dealkylation sites (tertiary alicyclic amines) is 1. The number of hydrogen-bond donors (Lipinski definition) is 3. The number of primary amides is 1. The summed E-state index contributed by atoms with van der Waals surface area (Å²) in [5, 5.41) is 5.35. The standard InChI is InChI=1S/C20H24FN5O4S/c1-12(13-6-2-3-7-14(13)21)30-18-16(17(22)28)19(31-25-18)24-20(29)23-9-5-11-26-10-4-8-15(26)27/h2-3,6-7,12H,4-5,8-11H2,1H3,(H2,22,28)(H2,23,24,29). The van der Waals surface area contributed by atoms with Gasteiger partial charge in [0.15, 0.2) is 0 Å². The first-order valence-electron chi connectivity index (χ1n) is 9.90. The molecule has 9 nitrogen and oxygen atoms in total. The van der Waals surface area contributed by atoms with E-state index in [1.54, 1.807) is 30.0 Å². The lowest BCUT2D eigenvalue weighted by atomic mass is 10.1. The number of nitrogens with one attached hydrogen (secondary N) is 2. The third kappa shape index (κ3) is 5.69. The Labute approximate surface area is 182 Å². The first-order chi connectivity index (χ1) is 14.9. The summed E-state index contributed by atoms with van der Waals surface area (Å²) in [4.78, 5) is 37.5. The molecular weight excluding hydrogens is 425 g/mol. The molecule has 1 fully saturated rings. The van der Waals surface area contributed by atoms with Crippen LogP contribution in [0.25, 0.3) is 0 Å². The highest BCUT2D eigenvalue weighted by Crippen LogP contribution is 2.33. The van der Waals surface area contributed by atoms with Gasteiger partial charge in [-0.1, -0.05) is 18.2 Å². The lowest BCUT2D eigenvalue weighted by Gasteiger charge is -2.15. The summed E-state index contributed by atoms with van der Waals surface area (Å²) in [7, 11) is 0. The van der Waals surface area contributed by atoms with E-state index in [0.717, 1.165) is 24.5 Å². The third-order valence-corrected chi connectivity index (χ3v) is 5.57. The fraction of sp³-hybridized carbons (Fsp3) is 0.400. The number of ether oxygens (including phenoxy) is 1. The lowest BCUT2D eigenvalue weighted by Crippen LogP contribution is -2.33. The number of benzene rings is 1. The zero-order chi connectivity index (χ0) is 22.4. The Morgan fingerprint density at radius 2 is 2.16 bits per heavy atom. The summed E-state index contributed by atoms with van der Waals surface area (Å²) in [6.45, 7) is 3.31. The minimum atomic E-state index is -0.827. The van der Waals surface area contributed by atoms with Crippen molar-refractivity contribution in [2.24, 2.45) is 5.73 Å². The number of nitrogens with two attached hydrogens (primary N) is 1. The number of nitrogens with zero attached hydrogens (tertiary/aromatic N) is 2. The number of rotatable bonds is 9. The second-order valence-electron chi connectivity index (χ2n) is 7.06. The summed E-state index contributed by atoms with van der Waals surface area (Å²) in [5.74, 6) is -1.21. The minimum Gasteiger partial charge on any atom is -0.468 e. The Morgan fingerprint density at radius 3 is 2.84 bits per heavy atom. The highest BCUT2D eigenvalue weighted by Gasteiger charge is 2.24. The number of amides is 4. The van der Waals surface area contributed by atoms with Gasteiger partial charge in [0.25, 0.3) is 5.91 Å². The predicted octanol–water partition coefficient (Wildman–Crippen LogP) is 2.66. The number of hydrogen-bond acceptors (Lipinski definition) is 6. The van der Waals surface area contributed by atoms with Crippen LogP contribution in [-0.2, 0) is 4.79 Å². The van der Waals surface area contributed by atoms with E-state index in [1.165, 1.54) is 6.07 Å². The zero-order valence-corrected chi connectivity index (χ0v) is 17.8. The smallest absolute Gasteiger partial charge is 0.319 e. The molecule has 3 rings (SSSR count). The van der Waals surface area contributed by atoms with Gasteiger partial charge in [-0.25, -0.2) is 9.18 Å². The molecule has 1 aliphatic heterocycles. The van der Waals surface area contributed by atoms with Crippen LogP contribution in [0.1, 0.15) is 48.2 Å². The lowest BCUT2D eigenvalue weighted by molar-refractivity contribution is -0.127. The Bertz CT molecular complexity index is 967. The summed E-state index contributed by atoms with van der Waals surface area (Å²) < 4.78 is 23.7. The van der Waals surface area contributed by atoms with Crippen molar-refractivity contribution in [3.63, 3.8) is 0 Å². The first kappa shape index (κ1) is 22.5. The number of carbonyl (C=O) groups excluding carboxylic acids is 3. The fourth-order valence-corrected chi connectivity index (χ4v) is 3.98. The highest BCUT2D eigenvalue weighted by molar-refractivity contribution is 7.11. The molecule has 0 spiro atoms. The van der Waals surface area contributed by atoms with Gasteiger partial charge < -0.3 is 20.7 Å². The van der Waals surface area contributed by atoms with Crippen molar-refractivity contribution in [1.29, 1.82) is 0 Å². The molecule has 4 N–H and O–H groups in total. The molecule has 4 amide bonds. The minimum absolute atomic E-state index is 0.0731. The molecule has 0 aliphatic carbocycles. The summed E-state index contributed by atoms with van der Waals surface area (Å²) >= 11 is 0.840. The van der Waals surface area contributed by atoms with E-state index in [9.17, 15) is 18.8 Å². The van der Waals surface area contributed by atoms with Gasteiger partial charge in [0.05, 0.1) is 0 Å². The summed E-state index contributed by atoms with van der Waals surface area (Å²) in [6, 6.07) is 5.58. The van der Waals surface area contributed by atoms with Crippen molar-refractivity contribution in [2.45, 2.75) is 32.3 Å². The number of halogens is 1. The van der Waals surface area contributed by atoms with E-state index in [-0.39, 0.29) is 22.4 Å². The van der Waals surface area contributed by atoms with E-state index in [2.05, 4.69) is 15.0 Å². The maximum Gasteiger partial charge on any atom is 0.319 e. The molecule has 11 heteroatoms. The molecule has 31 heavy (non-hydrogen) atoms. The molecule has 1 atom stereocenters. The van der Waals surface area contributed by atoms with Crippen LogP contribution >= 0.6 is 11.5 Å². The highest BCUT2D eigenvalue weighted by atomic mass is 32.1. The van der Waals surface area contributed by atoms with Crippen molar-refractivity contribution >= 4 is 34.4 Å². The van der Waals surface area contributed by atoms with E-state index in [0.29, 0.717) is 31.5 Å². The molecule has 0 radical (unpaired) electrons. The topological polar surface area (TPSA) is 127 Å². The zero-order valence-electron chi connectivity index (χ0n) is 17.0. The largest absolute Gasteiger partial charge is 0.468 e. The van der Waals surface area contributed by atoms with Crippen LogP contribution in [-0.4, -0.2) is 46.8 Å². The van der Waals surface area contributed by atoms with Crippen LogP contribution in [0.3, 0.4) is 0 Å². The first-order valence-corrected chi connectivity index (χ1v) is 10.7. The molecule has 166 valence electrons. The predicted molar refractivity (Wildman–Crippen MR) is 114 cm³/mol. The molecule has 2 heterocycles. The Balaban J connectivity index is 1.57. The summed E-state index contributed by atoms with van der Waals surface area (Å²) in [6.07, 6.45) is 1.33. The van der Waals surface area contributed by atoms with Gasteiger partial charge in [-0.3, -0.25) is 14.9 Å². The normalized spacial score (nSPS) is 14.4. The molecule has 1 unspecified atom stereocenters. The van der Waals surface area contributed by atoms with Crippen molar-refractivity contribution in [3.05, 3.63) is 41.2 Å². The second kappa shape index (κ2) is 10.2. The summed E-state index contributed by atoms with van der Waals surface area (Å²) in [5.41, 5.74) is 5.67. The Morgan fingerprint density at radius 1 is 1.39 bits per heavy atom. The van der Waals surface area contributed by atoms with Crippen LogP contribution in [0.15, 0.2) is 24.3 Å². The fourth-order valence-electron chi connectivity index (χ4n) is 3.25. The monoisotopic (exact) mass is 449 g/mol. The Hall–Kier alpha value is -3.21. The average Bonchev–Trinajstić information content (AvgIpc) is 3.31. The van der Waals surface area contributed by atoms with Crippen LogP contribution in [0, 0.1) is 5.82 Å². The van der Waals surface area contributed by atoms with Crippen LogP contribution in [0.2, 0.25) is 0 Å². The molecule has 1 aromatic carbocycles. The van der Waals surface area contributed by atoms with Gasteiger partial charge in [-0.2, -0.15) is 4.37 Å². The third-order valence-electron chi connectivity index (χ3n) is 4.83. The van der Waals surface area contributed by atoms with Gasteiger partial charge >= 0.3 is 6.03 Å². The molecule has 1 saturated heterocycles. The number of carbonyl (C=O) groups is 3. The average molecular weight is 450 g/mol. The van der Waals surface area contributed by atoms with Gasteiger partial charge in [0.2, 0.25) is 11.8 Å². The van der Waals surface area contributed by atoms with Gasteiger partial charge in [-0.05, 0) is 37.4 Å². The molecule has 2 aromatic rings. The van der Waals surface area contributed by atoms with Crippen LogP contribution in [0.5, 0.6) is 5.88 Å². The van der Waals surface area contributed by atoms with E-state index < -0.39 is 23.9 Å². The second-order valence-corrected chi connectivity index (χ2v) is 7.83. The SMILES string of the molecule is CC(Oc1nsc(NC(=O)NCCCN2CCCC2=O)c1C(N)=O)c1ccccc1F. The number of urea groups is 1. The van der Waals surface area contributed by atoms with Crippen molar-refractivity contribution in [1.82, 2.24) is 14.6 Å². The van der Waals surface area contributed by atoms with Crippen molar-refractivity contribution < 1.29 is 23.5 Å². The Kier molecular flexibility index (Phi) is 7.40. The molecular formula is C20H24FN5O4S. The van der Waals surface area contributed by atoms with Gasteiger partial charge in [-0.15, -0.1) is 0 Å². The van der Waals surface area contributed by atoms with E-state index in [4.69, 9.17) is 10.5 Å². The number of aromatic nitrogens is 1. The van der Waals surface area contributed by atoms with E-state index in [1.807, 2.05) is 0 Å². The van der Waals surface area contributed by atoms with Crippen molar-refractivity contribution in [3.8, 4) is 5.88 Å². The van der Waals surface area contributed by atoms with E-state index >= 15 is 0 Å². The number of anilines is 1. The molecule has 0 bridgehead atoms. The van der Waals surface area contributed by atoms with Gasteiger partial charge in [0, 0.05) is 31.6 Å². The van der Waals surface area contributed by atoms with Crippen LogP contribution in [0.4, 0.5) is 14.2 Å². The van der Waals surface area contributed by atoms with Crippen LogP contribution < -0.4 is 21.1 Å². The van der Waals surface area contributed by atoms with Gasteiger partial charge in [0.1, 0.15) is 22.5 Å². The maximum atomic E-state index is 14.0. The molecule has 1 aliphatic rings. The molecule has 1 aromatic heterocycles. The quantitative estimate of drug-likeness (QED) is 0.507. The van der Waals surface area contributed by atoms with Crippen molar-refractivity contribution in [2.75, 3.05) is 25.0 Å².